The smallest absolute Gasteiger partial charge is 0.215 e. The SMILES string of the molecule is O=S(=O)(Cc1ccccc1)NC[C@@H]1CCCN(Cc2cccc3cccnc23)C1. The van der Waals surface area contributed by atoms with Gasteiger partial charge in [0.1, 0.15) is 0 Å². The van der Waals surface area contributed by atoms with Gasteiger partial charge in [-0.3, -0.25) is 9.88 Å². The van der Waals surface area contributed by atoms with Crippen LogP contribution in [-0.2, 0) is 22.3 Å². The van der Waals surface area contributed by atoms with Gasteiger partial charge in [-0.1, -0.05) is 54.6 Å². The van der Waals surface area contributed by atoms with E-state index in [9.17, 15) is 8.42 Å². The first-order valence-electron chi connectivity index (χ1n) is 10.2. The van der Waals surface area contributed by atoms with Gasteiger partial charge in [0.25, 0.3) is 0 Å². The first-order valence-corrected chi connectivity index (χ1v) is 11.8. The summed E-state index contributed by atoms with van der Waals surface area (Å²) >= 11 is 0. The monoisotopic (exact) mass is 409 g/mol. The molecule has 0 radical (unpaired) electrons. The first kappa shape index (κ1) is 20.0. The molecule has 0 aliphatic carbocycles. The van der Waals surface area contributed by atoms with Gasteiger partial charge in [0.2, 0.25) is 10.0 Å². The third-order valence-corrected chi connectivity index (χ3v) is 6.82. The zero-order valence-electron chi connectivity index (χ0n) is 16.5. The van der Waals surface area contributed by atoms with Gasteiger partial charge in [0, 0.05) is 31.2 Å². The van der Waals surface area contributed by atoms with Crippen LogP contribution in [0.1, 0.15) is 24.0 Å². The topological polar surface area (TPSA) is 62.3 Å². The van der Waals surface area contributed by atoms with E-state index < -0.39 is 10.0 Å². The highest BCUT2D eigenvalue weighted by molar-refractivity contribution is 7.88. The van der Waals surface area contributed by atoms with Crippen LogP contribution in [-0.4, -0.2) is 37.9 Å². The molecule has 4 rings (SSSR count). The third kappa shape index (κ3) is 5.41. The predicted molar refractivity (Wildman–Crippen MR) is 117 cm³/mol. The Morgan fingerprint density at radius 3 is 2.72 bits per heavy atom. The highest BCUT2D eigenvalue weighted by atomic mass is 32.2. The van der Waals surface area contributed by atoms with Gasteiger partial charge in [0.05, 0.1) is 11.3 Å². The van der Waals surface area contributed by atoms with E-state index in [1.807, 2.05) is 42.6 Å². The molecule has 0 amide bonds. The molecular weight excluding hydrogens is 382 g/mol. The van der Waals surface area contributed by atoms with E-state index in [1.165, 1.54) is 5.56 Å². The summed E-state index contributed by atoms with van der Waals surface area (Å²) in [5.41, 5.74) is 3.10. The van der Waals surface area contributed by atoms with Crippen molar-refractivity contribution in [2.45, 2.75) is 25.1 Å². The van der Waals surface area contributed by atoms with Gasteiger partial charge in [0.15, 0.2) is 0 Å². The standard InChI is InChI=1S/C23H27N3O2S/c27-29(28,18-19-7-2-1-3-8-19)25-15-20-9-6-14-26(16-20)17-22-11-4-10-21-12-5-13-24-23(21)22/h1-5,7-8,10-13,20,25H,6,9,14-18H2/t20-/m0/s1. The summed E-state index contributed by atoms with van der Waals surface area (Å²) in [7, 11) is -3.32. The average Bonchev–Trinajstić information content (AvgIpc) is 2.73. The number of hydrogen-bond donors (Lipinski definition) is 1. The number of nitrogens with one attached hydrogen (secondary N) is 1. The summed E-state index contributed by atoms with van der Waals surface area (Å²) < 4.78 is 27.7. The molecule has 0 bridgehead atoms. The fraction of sp³-hybridized carbons (Fsp3) is 0.348. The third-order valence-electron chi connectivity index (χ3n) is 5.50. The van der Waals surface area contributed by atoms with Crippen LogP contribution < -0.4 is 4.72 Å². The molecule has 0 saturated carbocycles. The number of nitrogens with zero attached hydrogens (tertiary/aromatic N) is 2. The molecule has 3 aromatic rings. The summed E-state index contributed by atoms with van der Waals surface area (Å²) in [5.74, 6) is 0.364. The molecule has 2 heterocycles. The Morgan fingerprint density at radius 2 is 1.86 bits per heavy atom. The molecule has 2 aromatic carbocycles. The van der Waals surface area contributed by atoms with Gasteiger partial charge >= 0.3 is 0 Å². The molecule has 1 N–H and O–H groups in total. The molecule has 5 nitrogen and oxygen atoms in total. The Balaban J connectivity index is 1.35. The van der Waals surface area contributed by atoms with Crippen molar-refractivity contribution in [2.75, 3.05) is 19.6 Å². The van der Waals surface area contributed by atoms with Crippen molar-refractivity contribution in [3.8, 4) is 0 Å². The predicted octanol–water partition coefficient (Wildman–Crippen LogP) is 3.57. The second kappa shape index (κ2) is 9.03. The average molecular weight is 410 g/mol. The summed E-state index contributed by atoms with van der Waals surface area (Å²) in [6, 6.07) is 19.7. The molecule has 6 heteroatoms. The quantitative estimate of drug-likeness (QED) is 0.648. The second-order valence-corrected chi connectivity index (χ2v) is 9.64. The number of likely N-dealkylation sites (tertiary alicyclic amines) is 1. The molecule has 1 atom stereocenters. The lowest BCUT2D eigenvalue weighted by molar-refractivity contribution is 0.169. The highest BCUT2D eigenvalue weighted by Gasteiger charge is 2.22. The summed E-state index contributed by atoms with van der Waals surface area (Å²) in [5, 5.41) is 1.16. The van der Waals surface area contributed by atoms with E-state index in [-0.39, 0.29) is 5.75 Å². The van der Waals surface area contributed by atoms with Crippen LogP contribution in [0.2, 0.25) is 0 Å². The molecule has 152 valence electrons. The lowest BCUT2D eigenvalue weighted by Gasteiger charge is -2.33. The van der Waals surface area contributed by atoms with E-state index in [2.05, 4.69) is 38.9 Å². The lowest BCUT2D eigenvalue weighted by atomic mass is 9.97. The summed E-state index contributed by atoms with van der Waals surface area (Å²) in [6.45, 7) is 3.29. The van der Waals surface area contributed by atoms with E-state index >= 15 is 0 Å². The molecule has 29 heavy (non-hydrogen) atoms. The number of fused-ring (bicyclic) bond motifs is 1. The van der Waals surface area contributed by atoms with E-state index in [0.717, 1.165) is 48.9 Å². The van der Waals surface area contributed by atoms with Crippen molar-refractivity contribution >= 4 is 20.9 Å². The number of pyridine rings is 1. The van der Waals surface area contributed by atoms with Gasteiger partial charge in [-0.2, -0.15) is 0 Å². The van der Waals surface area contributed by atoms with Crippen LogP contribution >= 0.6 is 0 Å². The van der Waals surface area contributed by atoms with Gasteiger partial charge in [-0.05, 0) is 42.5 Å². The maximum Gasteiger partial charge on any atom is 0.215 e. The molecular formula is C23H27N3O2S. The lowest BCUT2D eigenvalue weighted by Crippen LogP contribution is -2.40. The minimum atomic E-state index is -3.32. The van der Waals surface area contributed by atoms with Crippen LogP contribution in [0.4, 0.5) is 0 Å². The summed E-state index contributed by atoms with van der Waals surface area (Å²) in [6.07, 6.45) is 3.98. The van der Waals surface area contributed by atoms with Crippen LogP contribution in [0.5, 0.6) is 0 Å². The largest absolute Gasteiger partial charge is 0.299 e. The van der Waals surface area contributed by atoms with Gasteiger partial charge < -0.3 is 0 Å². The molecule has 0 spiro atoms. The fourth-order valence-electron chi connectivity index (χ4n) is 4.09. The fourth-order valence-corrected chi connectivity index (χ4v) is 5.31. The minimum absolute atomic E-state index is 0.0337. The Labute approximate surface area is 172 Å². The normalized spacial score (nSPS) is 18.1. The number of aromatic nitrogens is 1. The number of benzene rings is 2. The number of hydrogen-bond acceptors (Lipinski definition) is 4. The van der Waals surface area contributed by atoms with Crippen molar-refractivity contribution < 1.29 is 8.42 Å². The molecule has 0 unspecified atom stereocenters. The Bertz CT molecular complexity index is 1050. The van der Waals surface area contributed by atoms with Gasteiger partial charge in [-0.25, -0.2) is 13.1 Å². The number of rotatable bonds is 7. The Hall–Kier alpha value is -2.28. The van der Waals surface area contributed by atoms with Crippen molar-refractivity contribution in [3.05, 3.63) is 78.0 Å². The zero-order chi connectivity index (χ0) is 20.1. The van der Waals surface area contributed by atoms with Crippen LogP contribution in [0.3, 0.4) is 0 Å². The van der Waals surface area contributed by atoms with E-state index in [0.29, 0.717) is 12.5 Å². The molecule has 1 fully saturated rings. The number of para-hydroxylation sites is 1. The maximum absolute atomic E-state index is 12.4. The highest BCUT2D eigenvalue weighted by Crippen LogP contribution is 2.22. The molecule has 1 saturated heterocycles. The van der Waals surface area contributed by atoms with E-state index in [4.69, 9.17) is 0 Å². The Morgan fingerprint density at radius 1 is 1.03 bits per heavy atom. The molecule has 1 aliphatic heterocycles. The van der Waals surface area contributed by atoms with Crippen molar-refractivity contribution in [1.82, 2.24) is 14.6 Å². The molecule has 1 aliphatic rings. The first-order chi connectivity index (χ1) is 14.1. The summed E-state index contributed by atoms with van der Waals surface area (Å²) in [4.78, 5) is 6.98. The van der Waals surface area contributed by atoms with Crippen LogP contribution in [0, 0.1) is 5.92 Å². The zero-order valence-corrected chi connectivity index (χ0v) is 17.3. The minimum Gasteiger partial charge on any atom is -0.299 e. The number of sulfonamides is 1. The molecule has 1 aromatic heterocycles. The van der Waals surface area contributed by atoms with Crippen LogP contribution in [0.15, 0.2) is 66.9 Å². The van der Waals surface area contributed by atoms with E-state index in [1.54, 1.807) is 0 Å². The Kier molecular flexibility index (Phi) is 6.23. The van der Waals surface area contributed by atoms with Crippen molar-refractivity contribution in [2.24, 2.45) is 5.92 Å². The van der Waals surface area contributed by atoms with Crippen molar-refractivity contribution in [3.63, 3.8) is 0 Å². The number of piperidine rings is 1. The van der Waals surface area contributed by atoms with Crippen molar-refractivity contribution in [1.29, 1.82) is 0 Å². The van der Waals surface area contributed by atoms with Crippen LogP contribution in [0.25, 0.3) is 10.9 Å². The second-order valence-electron chi connectivity index (χ2n) is 7.83. The maximum atomic E-state index is 12.4. The van der Waals surface area contributed by atoms with Gasteiger partial charge in [-0.15, -0.1) is 0 Å².